The highest BCUT2D eigenvalue weighted by molar-refractivity contribution is 8.00. The van der Waals surface area contributed by atoms with Crippen molar-refractivity contribution in [2.24, 2.45) is 0 Å². The molecule has 0 saturated heterocycles. The predicted octanol–water partition coefficient (Wildman–Crippen LogP) is 5.64. The van der Waals surface area contributed by atoms with Gasteiger partial charge in [-0.1, -0.05) is 36.9 Å². The van der Waals surface area contributed by atoms with Gasteiger partial charge in [0.05, 0.1) is 16.2 Å². The van der Waals surface area contributed by atoms with Gasteiger partial charge in [0, 0.05) is 28.8 Å². The van der Waals surface area contributed by atoms with Crippen LogP contribution in [0.25, 0.3) is 22.3 Å². The van der Waals surface area contributed by atoms with E-state index in [9.17, 15) is 19.3 Å². The van der Waals surface area contributed by atoms with Crippen LogP contribution in [0.1, 0.15) is 12.5 Å². The number of amides is 1. The first-order valence-corrected chi connectivity index (χ1v) is 11.2. The molecule has 4 rings (SSSR count). The Bertz CT molecular complexity index is 1330. The van der Waals surface area contributed by atoms with Crippen LogP contribution in [0.15, 0.2) is 71.8 Å². The number of non-ortho nitro benzene ring substituents is 1. The van der Waals surface area contributed by atoms with Gasteiger partial charge in [0.1, 0.15) is 10.8 Å². The molecule has 0 bridgehead atoms. The monoisotopic (exact) mass is 462 g/mol. The highest BCUT2D eigenvalue weighted by Crippen LogP contribution is 2.30. The van der Waals surface area contributed by atoms with Crippen LogP contribution in [0.2, 0.25) is 0 Å². The SMILES string of the molecule is CCc1cccc2c(SCC(=O)Nc3ccc([N+](=O)[O-])cc3)nc(-c3ccc(F)cc3)nc12. The molecule has 1 N–H and O–H groups in total. The number of rotatable bonds is 7. The lowest BCUT2D eigenvalue weighted by atomic mass is 10.1. The van der Waals surface area contributed by atoms with Crippen molar-refractivity contribution >= 4 is 39.9 Å². The second-order valence-corrected chi connectivity index (χ2v) is 8.13. The Morgan fingerprint density at radius 2 is 1.79 bits per heavy atom. The number of thioether (sulfide) groups is 1. The lowest BCUT2D eigenvalue weighted by molar-refractivity contribution is -0.384. The molecule has 7 nitrogen and oxygen atoms in total. The molecule has 0 radical (unpaired) electrons. The Hall–Kier alpha value is -3.85. The van der Waals surface area contributed by atoms with Crippen LogP contribution in [-0.2, 0) is 11.2 Å². The Kier molecular flexibility index (Phi) is 6.60. The highest BCUT2D eigenvalue weighted by atomic mass is 32.2. The molecule has 9 heteroatoms. The molecule has 0 aliphatic rings. The summed E-state index contributed by atoms with van der Waals surface area (Å²) < 4.78 is 13.4. The zero-order valence-electron chi connectivity index (χ0n) is 17.6. The van der Waals surface area contributed by atoms with Crippen molar-refractivity contribution < 1.29 is 14.1 Å². The number of fused-ring (bicyclic) bond motifs is 1. The number of nitro groups is 1. The summed E-state index contributed by atoms with van der Waals surface area (Å²) in [6.45, 7) is 2.04. The minimum absolute atomic E-state index is 0.0464. The minimum atomic E-state index is -0.495. The summed E-state index contributed by atoms with van der Waals surface area (Å²) in [5, 5.41) is 15.0. The molecule has 0 saturated carbocycles. The molecule has 0 fully saturated rings. The van der Waals surface area contributed by atoms with Crippen LogP contribution in [0.4, 0.5) is 15.8 Å². The number of aryl methyl sites for hydroxylation is 1. The van der Waals surface area contributed by atoms with E-state index in [-0.39, 0.29) is 23.2 Å². The molecule has 1 heterocycles. The summed E-state index contributed by atoms with van der Waals surface area (Å²) in [5.41, 5.74) is 2.96. The molecule has 0 aliphatic heterocycles. The van der Waals surface area contributed by atoms with Gasteiger partial charge in [-0.25, -0.2) is 14.4 Å². The second kappa shape index (κ2) is 9.74. The number of nitrogens with zero attached hydrogens (tertiary/aromatic N) is 3. The van der Waals surface area contributed by atoms with E-state index in [4.69, 9.17) is 4.98 Å². The number of nitro benzene ring substituents is 1. The minimum Gasteiger partial charge on any atom is -0.325 e. The third kappa shape index (κ3) is 5.15. The van der Waals surface area contributed by atoms with E-state index in [2.05, 4.69) is 10.3 Å². The first-order valence-electron chi connectivity index (χ1n) is 10.2. The van der Waals surface area contributed by atoms with E-state index >= 15 is 0 Å². The zero-order valence-corrected chi connectivity index (χ0v) is 18.4. The molecule has 166 valence electrons. The van der Waals surface area contributed by atoms with E-state index in [1.54, 1.807) is 12.1 Å². The number of carbonyl (C=O) groups is 1. The predicted molar refractivity (Wildman–Crippen MR) is 127 cm³/mol. The summed E-state index contributed by atoms with van der Waals surface area (Å²) in [6, 6.07) is 17.5. The first kappa shape index (κ1) is 22.3. The molecule has 1 aromatic heterocycles. The number of nitrogens with one attached hydrogen (secondary N) is 1. The standard InChI is InChI=1S/C24H19FN4O3S/c1-2-15-4-3-5-20-22(15)27-23(16-6-8-17(25)9-7-16)28-24(20)33-14-21(30)26-18-10-12-19(13-11-18)29(31)32/h3-13H,2,14H2,1H3,(H,26,30). The Balaban J connectivity index is 1.60. The topological polar surface area (TPSA) is 98.0 Å². The van der Waals surface area contributed by atoms with E-state index in [1.165, 1.54) is 48.2 Å². The van der Waals surface area contributed by atoms with E-state index in [0.29, 0.717) is 22.1 Å². The fourth-order valence-corrected chi connectivity index (χ4v) is 4.12. The zero-order chi connectivity index (χ0) is 23.4. The van der Waals surface area contributed by atoms with Crippen molar-refractivity contribution in [2.75, 3.05) is 11.1 Å². The van der Waals surface area contributed by atoms with Crippen molar-refractivity contribution in [1.82, 2.24) is 9.97 Å². The fraction of sp³-hybridized carbons (Fsp3) is 0.125. The molecule has 33 heavy (non-hydrogen) atoms. The van der Waals surface area contributed by atoms with Crippen molar-refractivity contribution in [1.29, 1.82) is 0 Å². The fourth-order valence-electron chi connectivity index (χ4n) is 3.30. The van der Waals surface area contributed by atoms with E-state index in [0.717, 1.165) is 22.9 Å². The molecule has 1 amide bonds. The van der Waals surface area contributed by atoms with Gasteiger partial charge >= 0.3 is 0 Å². The Morgan fingerprint density at radius 1 is 1.06 bits per heavy atom. The molecular weight excluding hydrogens is 443 g/mol. The third-order valence-corrected chi connectivity index (χ3v) is 5.95. The molecule has 3 aromatic carbocycles. The summed E-state index contributed by atoms with van der Waals surface area (Å²) >= 11 is 1.27. The number of carbonyl (C=O) groups excluding carboxylic acids is 1. The van der Waals surface area contributed by atoms with Crippen molar-refractivity contribution in [3.63, 3.8) is 0 Å². The van der Waals surface area contributed by atoms with Gasteiger partial charge in [0.15, 0.2) is 5.82 Å². The Labute approximate surface area is 193 Å². The molecule has 4 aromatic rings. The van der Waals surface area contributed by atoms with Crippen molar-refractivity contribution in [3.8, 4) is 11.4 Å². The third-order valence-electron chi connectivity index (χ3n) is 4.96. The average molecular weight is 463 g/mol. The molecular formula is C24H19FN4O3S. The molecule has 0 spiro atoms. The smallest absolute Gasteiger partial charge is 0.269 e. The van der Waals surface area contributed by atoms with Crippen LogP contribution in [-0.4, -0.2) is 26.6 Å². The van der Waals surface area contributed by atoms with Crippen molar-refractivity contribution in [3.05, 3.63) is 88.2 Å². The van der Waals surface area contributed by atoms with Gasteiger partial charge in [-0.05, 0) is 48.4 Å². The lowest BCUT2D eigenvalue weighted by Crippen LogP contribution is -2.14. The van der Waals surface area contributed by atoms with Gasteiger partial charge in [-0.3, -0.25) is 14.9 Å². The van der Waals surface area contributed by atoms with E-state index < -0.39 is 4.92 Å². The first-order chi connectivity index (χ1) is 15.9. The van der Waals surface area contributed by atoms with E-state index in [1.807, 2.05) is 25.1 Å². The van der Waals surface area contributed by atoms with Crippen LogP contribution in [0.5, 0.6) is 0 Å². The van der Waals surface area contributed by atoms with Crippen molar-refractivity contribution in [2.45, 2.75) is 18.4 Å². The van der Waals surface area contributed by atoms with Crippen LogP contribution in [0.3, 0.4) is 0 Å². The number of aromatic nitrogens is 2. The van der Waals surface area contributed by atoms with Gasteiger partial charge in [-0.2, -0.15) is 0 Å². The number of para-hydroxylation sites is 1. The maximum Gasteiger partial charge on any atom is 0.269 e. The summed E-state index contributed by atoms with van der Waals surface area (Å²) in [6.07, 6.45) is 0.780. The van der Waals surface area contributed by atoms with Crippen LogP contribution >= 0.6 is 11.8 Å². The molecule has 0 atom stereocenters. The Morgan fingerprint density at radius 3 is 2.45 bits per heavy atom. The maximum atomic E-state index is 13.4. The number of halogens is 1. The molecule has 0 aliphatic carbocycles. The second-order valence-electron chi connectivity index (χ2n) is 7.17. The maximum absolute atomic E-state index is 13.4. The summed E-state index contributed by atoms with van der Waals surface area (Å²) in [4.78, 5) is 32.2. The highest BCUT2D eigenvalue weighted by Gasteiger charge is 2.14. The summed E-state index contributed by atoms with van der Waals surface area (Å²) in [5.74, 6) is -0.0638. The largest absolute Gasteiger partial charge is 0.325 e. The normalized spacial score (nSPS) is 10.8. The number of benzene rings is 3. The number of anilines is 1. The van der Waals surface area contributed by atoms with Gasteiger partial charge < -0.3 is 5.32 Å². The van der Waals surface area contributed by atoms with Crippen LogP contribution in [0, 0.1) is 15.9 Å². The quantitative estimate of drug-likeness (QED) is 0.165. The van der Waals surface area contributed by atoms with Gasteiger partial charge in [-0.15, -0.1) is 0 Å². The van der Waals surface area contributed by atoms with Crippen LogP contribution < -0.4 is 5.32 Å². The average Bonchev–Trinajstić information content (AvgIpc) is 2.82. The summed E-state index contributed by atoms with van der Waals surface area (Å²) in [7, 11) is 0. The van der Waals surface area contributed by atoms with Gasteiger partial charge in [0.25, 0.3) is 5.69 Å². The molecule has 0 unspecified atom stereocenters. The number of hydrogen-bond donors (Lipinski definition) is 1. The van der Waals surface area contributed by atoms with Gasteiger partial charge in [0.2, 0.25) is 5.91 Å². The lowest BCUT2D eigenvalue weighted by Gasteiger charge is -2.11. The number of hydrogen-bond acceptors (Lipinski definition) is 6.